The molecule has 0 saturated heterocycles. The Balaban J connectivity index is 1.58. The topological polar surface area (TPSA) is 76.0 Å². The third kappa shape index (κ3) is 3.19. The number of carbonyl (C=O) groups is 2. The lowest BCUT2D eigenvalue weighted by molar-refractivity contribution is -0.116. The van der Waals surface area contributed by atoms with Crippen molar-refractivity contribution in [1.29, 1.82) is 0 Å². The van der Waals surface area contributed by atoms with Crippen LogP contribution in [0.15, 0.2) is 72.1 Å². The Morgan fingerprint density at radius 3 is 2.63 bits per heavy atom. The molecule has 2 heterocycles. The summed E-state index contributed by atoms with van der Waals surface area (Å²) in [5.41, 5.74) is 3.63. The summed E-state index contributed by atoms with van der Waals surface area (Å²) in [6.07, 6.45) is 3.61. The molecule has 150 valence electrons. The number of halogens is 1. The Labute approximate surface area is 178 Å². The Hall–Kier alpha value is -3.38. The van der Waals surface area contributed by atoms with Crippen molar-refractivity contribution in [1.82, 2.24) is 9.78 Å². The van der Waals surface area contributed by atoms with Crippen LogP contribution in [0.1, 0.15) is 41.2 Å². The predicted octanol–water partition coefficient (Wildman–Crippen LogP) is 4.81. The summed E-state index contributed by atoms with van der Waals surface area (Å²) in [5.74, 6) is 0.452. The molecule has 30 heavy (non-hydrogen) atoms. The number of para-hydroxylation sites is 1. The molecule has 1 aliphatic carbocycles. The molecule has 1 aliphatic heterocycles. The van der Waals surface area contributed by atoms with Crippen LogP contribution in [0.5, 0.6) is 0 Å². The molecule has 6 nitrogen and oxygen atoms in total. The van der Waals surface area contributed by atoms with Crippen molar-refractivity contribution < 1.29 is 9.59 Å². The van der Waals surface area contributed by atoms with Crippen LogP contribution >= 0.6 is 11.6 Å². The number of carbonyl (C=O) groups excluding carboxylic acids is 2. The lowest BCUT2D eigenvalue weighted by Gasteiger charge is -2.33. The van der Waals surface area contributed by atoms with E-state index in [0.29, 0.717) is 34.1 Å². The quantitative estimate of drug-likeness (QED) is 0.640. The van der Waals surface area contributed by atoms with Gasteiger partial charge in [0.15, 0.2) is 5.78 Å². The molecule has 1 atom stereocenters. The molecule has 2 aliphatic rings. The normalized spacial score (nSPS) is 17.8. The molecule has 0 unspecified atom stereocenters. The Morgan fingerprint density at radius 2 is 1.87 bits per heavy atom. The van der Waals surface area contributed by atoms with Crippen molar-refractivity contribution in [3.05, 3.63) is 88.2 Å². The van der Waals surface area contributed by atoms with E-state index in [-0.39, 0.29) is 17.7 Å². The van der Waals surface area contributed by atoms with E-state index in [9.17, 15) is 9.59 Å². The van der Waals surface area contributed by atoms with Gasteiger partial charge in [-0.05, 0) is 42.7 Å². The monoisotopic (exact) mass is 418 g/mol. The van der Waals surface area contributed by atoms with E-state index < -0.39 is 0 Å². The summed E-state index contributed by atoms with van der Waals surface area (Å²) in [4.78, 5) is 25.8. The van der Waals surface area contributed by atoms with Crippen molar-refractivity contribution in [3.63, 3.8) is 0 Å². The summed E-state index contributed by atoms with van der Waals surface area (Å²) >= 11 is 6.07. The third-order valence-electron chi connectivity index (χ3n) is 5.50. The molecule has 0 radical (unpaired) electrons. The van der Waals surface area contributed by atoms with Gasteiger partial charge in [-0.2, -0.15) is 5.10 Å². The highest BCUT2D eigenvalue weighted by Crippen LogP contribution is 2.41. The Bertz CT molecular complexity index is 1170. The fourth-order valence-electron chi connectivity index (χ4n) is 4.10. The number of benzene rings is 2. The number of Topliss-reactive ketones (excluding diaryl/α,β-unsaturated/α-hetero) is 1. The molecule has 3 aromatic rings. The summed E-state index contributed by atoms with van der Waals surface area (Å²) in [6.45, 7) is 0. The van der Waals surface area contributed by atoms with Crippen LogP contribution in [-0.4, -0.2) is 21.5 Å². The van der Waals surface area contributed by atoms with Crippen molar-refractivity contribution in [2.45, 2.75) is 25.3 Å². The van der Waals surface area contributed by atoms with E-state index in [0.717, 1.165) is 24.1 Å². The minimum absolute atomic E-state index is 0.111. The fraction of sp³-hybridized carbons (Fsp3) is 0.174. The number of anilines is 2. The van der Waals surface area contributed by atoms with Crippen LogP contribution in [-0.2, 0) is 4.79 Å². The minimum Gasteiger partial charge on any atom is -0.343 e. The highest BCUT2D eigenvalue weighted by atomic mass is 35.5. The highest BCUT2D eigenvalue weighted by Gasteiger charge is 2.37. The van der Waals surface area contributed by atoms with Gasteiger partial charge < -0.3 is 10.6 Å². The number of nitrogens with zero attached hydrogens (tertiary/aromatic N) is 2. The molecule has 0 fully saturated rings. The molecular weight excluding hydrogens is 400 g/mol. The number of fused-ring (bicyclic) bond motifs is 1. The van der Waals surface area contributed by atoms with Crippen LogP contribution in [0, 0.1) is 0 Å². The van der Waals surface area contributed by atoms with Crippen molar-refractivity contribution >= 4 is 34.8 Å². The third-order valence-corrected chi connectivity index (χ3v) is 5.75. The Kier molecular flexibility index (Phi) is 4.64. The van der Waals surface area contributed by atoms with Crippen LogP contribution in [0.3, 0.4) is 0 Å². The molecule has 5 rings (SSSR count). The maximum absolute atomic E-state index is 13.0. The average molecular weight is 419 g/mol. The first-order valence-electron chi connectivity index (χ1n) is 9.84. The Morgan fingerprint density at radius 1 is 1.10 bits per heavy atom. The molecule has 7 heteroatoms. The number of allylic oxidation sites excluding steroid dienone is 2. The highest BCUT2D eigenvalue weighted by molar-refractivity contribution is 6.30. The number of amides is 1. The molecule has 2 N–H and O–H groups in total. The zero-order valence-electron chi connectivity index (χ0n) is 16.1. The maximum Gasteiger partial charge on any atom is 0.261 e. The van der Waals surface area contributed by atoms with Crippen LogP contribution in [0.25, 0.3) is 0 Å². The van der Waals surface area contributed by atoms with Gasteiger partial charge in [0.2, 0.25) is 0 Å². The summed E-state index contributed by atoms with van der Waals surface area (Å²) in [5, 5.41) is 11.4. The van der Waals surface area contributed by atoms with Gasteiger partial charge in [-0.3, -0.25) is 9.59 Å². The van der Waals surface area contributed by atoms with Crippen molar-refractivity contribution in [3.8, 4) is 0 Å². The number of hydrogen-bond acceptors (Lipinski definition) is 4. The zero-order chi connectivity index (χ0) is 20.7. The van der Waals surface area contributed by atoms with Crippen molar-refractivity contribution in [2.24, 2.45) is 0 Å². The first-order valence-corrected chi connectivity index (χ1v) is 10.2. The molecule has 0 saturated carbocycles. The van der Waals surface area contributed by atoms with Gasteiger partial charge >= 0.3 is 0 Å². The zero-order valence-corrected chi connectivity index (χ0v) is 16.8. The van der Waals surface area contributed by atoms with E-state index in [1.165, 1.54) is 0 Å². The smallest absolute Gasteiger partial charge is 0.261 e. The largest absolute Gasteiger partial charge is 0.343 e. The molecule has 0 spiro atoms. The number of nitrogens with one attached hydrogen (secondary N) is 2. The van der Waals surface area contributed by atoms with E-state index >= 15 is 0 Å². The molecule has 1 amide bonds. The van der Waals surface area contributed by atoms with E-state index in [4.69, 9.17) is 11.6 Å². The number of rotatable bonds is 3. The summed E-state index contributed by atoms with van der Waals surface area (Å²) in [7, 11) is 0. The van der Waals surface area contributed by atoms with E-state index in [1.54, 1.807) is 23.0 Å². The van der Waals surface area contributed by atoms with Crippen molar-refractivity contribution in [2.75, 3.05) is 10.6 Å². The SMILES string of the molecule is O=C1CCCC2=C1[C@@H](c1ccc(Cl)cc1)n1ncc(C(=O)Nc3ccccc3)c1N2. The van der Waals surface area contributed by atoms with Crippen LogP contribution in [0.4, 0.5) is 11.5 Å². The summed E-state index contributed by atoms with van der Waals surface area (Å²) in [6, 6.07) is 16.3. The molecule has 1 aromatic heterocycles. The minimum atomic E-state index is -0.389. The molecule has 2 aromatic carbocycles. The molecular formula is C23H19ClN4O2. The van der Waals surface area contributed by atoms with E-state index in [2.05, 4.69) is 15.7 Å². The second kappa shape index (κ2) is 7.46. The lowest BCUT2D eigenvalue weighted by Crippen LogP contribution is -2.32. The van der Waals surface area contributed by atoms with Crippen LogP contribution < -0.4 is 10.6 Å². The fourth-order valence-corrected chi connectivity index (χ4v) is 4.22. The number of ketones is 1. The first-order chi connectivity index (χ1) is 14.6. The second-order valence-electron chi connectivity index (χ2n) is 7.42. The van der Waals surface area contributed by atoms with Gasteiger partial charge in [0.05, 0.1) is 6.20 Å². The van der Waals surface area contributed by atoms with Gasteiger partial charge in [-0.25, -0.2) is 4.68 Å². The van der Waals surface area contributed by atoms with Gasteiger partial charge in [-0.1, -0.05) is 41.9 Å². The average Bonchev–Trinajstić information content (AvgIpc) is 3.18. The molecule has 0 bridgehead atoms. The maximum atomic E-state index is 13.0. The van der Waals surface area contributed by atoms with Gasteiger partial charge in [0.1, 0.15) is 17.4 Å². The van der Waals surface area contributed by atoms with Gasteiger partial charge in [-0.15, -0.1) is 0 Å². The van der Waals surface area contributed by atoms with Crippen LogP contribution in [0.2, 0.25) is 5.02 Å². The predicted molar refractivity (Wildman–Crippen MR) is 116 cm³/mol. The lowest BCUT2D eigenvalue weighted by atomic mass is 9.85. The second-order valence-corrected chi connectivity index (χ2v) is 7.86. The number of aromatic nitrogens is 2. The van der Waals surface area contributed by atoms with E-state index in [1.807, 2.05) is 42.5 Å². The van der Waals surface area contributed by atoms with Gasteiger partial charge in [0, 0.05) is 28.4 Å². The standard InChI is InChI=1S/C23H19ClN4O2/c24-15-11-9-14(10-12-15)21-20-18(7-4-8-19(20)29)27-22-17(13-25-28(21)22)23(30)26-16-5-2-1-3-6-16/h1-3,5-6,9-13,21,27H,4,7-8H2,(H,26,30)/t21-/m1/s1. The first kappa shape index (κ1) is 18.6. The summed E-state index contributed by atoms with van der Waals surface area (Å²) < 4.78 is 1.73. The van der Waals surface area contributed by atoms with Gasteiger partial charge in [0.25, 0.3) is 5.91 Å². The number of hydrogen-bond donors (Lipinski definition) is 2.